The Morgan fingerprint density at radius 2 is 2.11 bits per heavy atom. The summed E-state index contributed by atoms with van der Waals surface area (Å²) in [6, 6.07) is 3.88. The molecule has 6 heteroatoms. The molecule has 0 radical (unpaired) electrons. The Labute approximate surface area is 118 Å². The lowest BCUT2D eigenvalue weighted by molar-refractivity contribution is 0.0895. The number of halogens is 3. The zero-order valence-corrected chi connectivity index (χ0v) is 11.6. The maximum absolute atomic E-state index is 13.5. The van der Waals surface area contributed by atoms with Gasteiger partial charge in [-0.15, -0.1) is 0 Å². The van der Waals surface area contributed by atoms with Crippen LogP contribution in [0.2, 0.25) is 0 Å². The standard InChI is InChI=1S/C13H12BrF2N3/c14-10-4-17-19(6-10)12-7-18(8-12)5-9-3-11(15)1-2-13(9)16/h1-4,6,12H,5,7-8H2. The predicted molar refractivity (Wildman–Crippen MR) is 70.6 cm³/mol. The average molecular weight is 328 g/mol. The molecule has 1 saturated heterocycles. The second-order valence-electron chi connectivity index (χ2n) is 4.72. The maximum Gasteiger partial charge on any atom is 0.127 e. The summed E-state index contributed by atoms with van der Waals surface area (Å²) in [4.78, 5) is 2.07. The summed E-state index contributed by atoms with van der Waals surface area (Å²) >= 11 is 3.35. The molecule has 0 N–H and O–H groups in total. The summed E-state index contributed by atoms with van der Waals surface area (Å²) in [6.45, 7) is 2.02. The first kappa shape index (κ1) is 12.7. The molecule has 0 bridgehead atoms. The van der Waals surface area contributed by atoms with E-state index in [0.717, 1.165) is 23.6 Å². The van der Waals surface area contributed by atoms with Gasteiger partial charge in [0.25, 0.3) is 0 Å². The third kappa shape index (κ3) is 2.69. The van der Waals surface area contributed by atoms with Crippen molar-refractivity contribution in [3.63, 3.8) is 0 Å². The maximum atomic E-state index is 13.5. The third-order valence-corrected chi connectivity index (χ3v) is 3.69. The SMILES string of the molecule is Fc1ccc(F)c(CN2CC(n3cc(Br)cn3)C2)c1. The molecule has 0 unspecified atom stereocenters. The minimum absolute atomic E-state index is 0.308. The first-order chi connectivity index (χ1) is 9.11. The topological polar surface area (TPSA) is 21.1 Å². The van der Waals surface area contributed by atoms with E-state index in [0.29, 0.717) is 18.2 Å². The van der Waals surface area contributed by atoms with Crippen LogP contribution in [0.25, 0.3) is 0 Å². The number of nitrogens with zero attached hydrogens (tertiary/aromatic N) is 3. The number of benzene rings is 1. The number of aromatic nitrogens is 2. The van der Waals surface area contributed by atoms with E-state index in [9.17, 15) is 8.78 Å². The molecule has 1 aliphatic rings. The monoisotopic (exact) mass is 327 g/mol. The van der Waals surface area contributed by atoms with Crippen molar-refractivity contribution in [2.45, 2.75) is 12.6 Å². The normalized spacial score (nSPS) is 16.6. The van der Waals surface area contributed by atoms with Gasteiger partial charge in [0.2, 0.25) is 0 Å². The molecule has 2 heterocycles. The van der Waals surface area contributed by atoms with Gasteiger partial charge in [0, 0.05) is 31.4 Å². The predicted octanol–water partition coefficient (Wildman–Crippen LogP) is 2.98. The van der Waals surface area contributed by atoms with Crippen LogP contribution in [0.15, 0.2) is 35.1 Å². The van der Waals surface area contributed by atoms with Crippen LogP contribution in [0, 0.1) is 11.6 Å². The zero-order valence-electron chi connectivity index (χ0n) is 10.1. The summed E-state index contributed by atoms with van der Waals surface area (Å²) in [5, 5.41) is 4.22. The molecule has 1 aliphatic heterocycles. The van der Waals surface area contributed by atoms with Gasteiger partial charge >= 0.3 is 0 Å². The quantitative estimate of drug-likeness (QED) is 0.864. The fraction of sp³-hybridized carbons (Fsp3) is 0.308. The van der Waals surface area contributed by atoms with E-state index in [1.54, 1.807) is 6.20 Å². The first-order valence-electron chi connectivity index (χ1n) is 5.98. The number of rotatable bonds is 3. The fourth-order valence-corrected chi connectivity index (χ4v) is 2.56. The Morgan fingerprint density at radius 3 is 2.79 bits per heavy atom. The van der Waals surface area contributed by atoms with Crippen LogP contribution in [0.4, 0.5) is 8.78 Å². The molecule has 100 valence electrons. The van der Waals surface area contributed by atoms with Crippen molar-refractivity contribution in [2.75, 3.05) is 13.1 Å². The van der Waals surface area contributed by atoms with Gasteiger partial charge < -0.3 is 0 Å². The van der Waals surface area contributed by atoms with Gasteiger partial charge in [-0.25, -0.2) is 8.78 Å². The first-order valence-corrected chi connectivity index (χ1v) is 6.77. The van der Waals surface area contributed by atoms with E-state index in [4.69, 9.17) is 0 Å². The third-order valence-electron chi connectivity index (χ3n) is 3.28. The lowest BCUT2D eigenvalue weighted by Gasteiger charge is -2.39. The summed E-state index contributed by atoms with van der Waals surface area (Å²) in [5.41, 5.74) is 0.403. The summed E-state index contributed by atoms with van der Waals surface area (Å²) in [7, 11) is 0. The van der Waals surface area contributed by atoms with Crippen molar-refractivity contribution >= 4 is 15.9 Å². The van der Waals surface area contributed by atoms with Gasteiger partial charge in [-0.05, 0) is 34.1 Å². The van der Waals surface area contributed by atoms with Gasteiger partial charge in [0.15, 0.2) is 0 Å². The van der Waals surface area contributed by atoms with E-state index in [1.165, 1.54) is 12.1 Å². The van der Waals surface area contributed by atoms with Crippen molar-refractivity contribution < 1.29 is 8.78 Å². The highest BCUT2D eigenvalue weighted by molar-refractivity contribution is 9.10. The molecule has 0 spiro atoms. The molecule has 2 aromatic rings. The van der Waals surface area contributed by atoms with Crippen LogP contribution >= 0.6 is 15.9 Å². The molecular formula is C13H12BrF2N3. The van der Waals surface area contributed by atoms with E-state index >= 15 is 0 Å². The molecule has 1 fully saturated rings. The van der Waals surface area contributed by atoms with E-state index < -0.39 is 5.82 Å². The molecule has 1 aromatic carbocycles. The Morgan fingerprint density at radius 1 is 1.32 bits per heavy atom. The second-order valence-corrected chi connectivity index (χ2v) is 5.64. The molecule has 0 atom stereocenters. The smallest absolute Gasteiger partial charge is 0.127 e. The van der Waals surface area contributed by atoms with Crippen molar-refractivity contribution in [3.05, 3.63) is 52.3 Å². The van der Waals surface area contributed by atoms with Crippen molar-refractivity contribution in [1.29, 1.82) is 0 Å². The molecular weight excluding hydrogens is 316 g/mol. The number of hydrogen-bond acceptors (Lipinski definition) is 2. The van der Waals surface area contributed by atoms with Crippen LogP contribution in [0.1, 0.15) is 11.6 Å². The van der Waals surface area contributed by atoms with Crippen molar-refractivity contribution in [3.8, 4) is 0 Å². The number of hydrogen-bond donors (Lipinski definition) is 0. The minimum atomic E-state index is -0.399. The average Bonchev–Trinajstić information content (AvgIpc) is 2.73. The highest BCUT2D eigenvalue weighted by Crippen LogP contribution is 2.24. The van der Waals surface area contributed by atoms with Crippen molar-refractivity contribution in [2.24, 2.45) is 0 Å². The van der Waals surface area contributed by atoms with Gasteiger partial charge in [-0.3, -0.25) is 9.58 Å². The fourth-order valence-electron chi connectivity index (χ4n) is 2.26. The Kier molecular flexibility index (Phi) is 3.36. The molecule has 3 nitrogen and oxygen atoms in total. The Hall–Kier alpha value is -1.27. The molecule has 1 aromatic heterocycles. The molecule has 3 rings (SSSR count). The van der Waals surface area contributed by atoms with E-state index in [2.05, 4.69) is 25.9 Å². The molecule has 0 saturated carbocycles. The van der Waals surface area contributed by atoms with Crippen molar-refractivity contribution in [1.82, 2.24) is 14.7 Å². The summed E-state index contributed by atoms with van der Waals surface area (Å²) < 4.78 is 29.4. The van der Waals surface area contributed by atoms with E-state index in [-0.39, 0.29) is 5.82 Å². The van der Waals surface area contributed by atoms with Crippen LogP contribution in [0.3, 0.4) is 0 Å². The van der Waals surface area contributed by atoms with Crippen LogP contribution < -0.4 is 0 Å². The summed E-state index contributed by atoms with van der Waals surface area (Å²) in [5.74, 6) is -0.754. The highest BCUT2D eigenvalue weighted by atomic mass is 79.9. The lowest BCUT2D eigenvalue weighted by Crippen LogP contribution is -2.47. The molecule has 0 amide bonds. The minimum Gasteiger partial charge on any atom is -0.295 e. The highest BCUT2D eigenvalue weighted by Gasteiger charge is 2.29. The number of likely N-dealkylation sites (tertiary alicyclic amines) is 1. The Balaban J connectivity index is 1.61. The largest absolute Gasteiger partial charge is 0.295 e. The van der Waals surface area contributed by atoms with Gasteiger partial charge in [0.1, 0.15) is 11.6 Å². The molecule has 19 heavy (non-hydrogen) atoms. The summed E-state index contributed by atoms with van der Waals surface area (Å²) in [6.07, 6.45) is 3.67. The van der Waals surface area contributed by atoms with Crippen LogP contribution in [0.5, 0.6) is 0 Å². The zero-order chi connectivity index (χ0) is 13.4. The van der Waals surface area contributed by atoms with Gasteiger partial charge in [-0.1, -0.05) is 0 Å². The Bertz CT molecular complexity index is 593. The van der Waals surface area contributed by atoms with Crippen LogP contribution in [-0.2, 0) is 6.54 Å². The van der Waals surface area contributed by atoms with E-state index in [1.807, 2.05) is 10.9 Å². The molecule has 0 aliphatic carbocycles. The van der Waals surface area contributed by atoms with Gasteiger partial charge in [-0.2, -0.15) is 5.10 Å². The van der Waals surface area contributed by atoms with Crippen LogP contribution in [-0.4, -0.2) is 27.8 Å². The van der Waals surface area contributed by atoms with Gasteiger partial charge in [0.05, 0.1) is 16.7 Å². The second kappa shape index (κ2) is 5.02. The lowest BCUT2D eigenvalue weighted by atomic mass is 10.1.